The standard InChI is InChI=1S/C27H39N7O4/c1-17(2)24(30-27(37)18(3)35)23(36)8-6-5-7-11-28-25-26-32-31-19(4)34(26)22-10-9-20(16-21(22)29-25)33-12-14-38-15-13-33/h9-10,16-18,24,35H,5-8,11-15H2,1-4H3,(H,28,29)(H,30,37)/t18?,24-/m0/s1. The van der Waals surface area contributed by atoms with Crippen LogP contribution in [0.5, 0.6) is 0 Å². The van der Waals surface area contributed by atoms with Crippen molar-refractivity contribution in [2.45, 2.75) is 65.5 Å². The molecule has 0 bridgehead atoms. The monoisotopic (exact) mass is 525 g/mol. The molecule has 0 aliphatic carbocycles. The molecule has 11 nitrogen and oxygen atoms in total. The van der Waals surface area contributed by atoms with Crippen molar-refractivity contribution in [3.63, 3.8) is 0 Å². The summed E-state index contributed by atoms with van der Waals surface area (Å²) in [6, 6.07) is 5.72. The van der Waals surface area contributed by atoms with Gasteiger partial charge in [0.15, 0.2) is 11.6 Å². The second kappa shape index (κ2) is 12.5. The van der Waals surface area contributed by atoms with E-state index in [2.05, 4.69) is 43.9 Å². The van der Waals surface area contributed by atoms with E-state index in [1.54, 1.807) is 0 Å². The van der Waals surface area contributed by atoms with Crippen molar-refractivity contribution in [1.29, 1.82) is 0 Å². The van der Waals surface area contributed by atoms with E-state index >= 15 is 0 Å². The van der Waals surface area contributed by atoms with E-state index in [9.17, 15) is 14.7 Å². The molecule has 0 spiro atoms. The summed E-state index contributed by atoms with van der Waals surface area (Å²) in [7, 11) is 0. The molecule has 1 amide bonds. The molecule has 0 radical (unpaired) electrons. The number of carbonyl (C=O) groups is 2. The highest BCUT2D eigenvalue weighted by Gasteiger charge is 2.25. The third kappa shape index (κ3) is 6.39. The number of carbonyl (C=O) groups excluding carboxylic acids is 2. The van der Waals surface area contributed by atoms with Crippen LogP contribution in [-0.4, -0.2) is 81.4 Å². The number of nitrogens with one attached hydrogen (secondary N) is 2. The van der Waals surface area contributed by atoms with E-state index in [1.165, 1.54) is 6.92 Å². The summed E-state index contributed by atoms with van der Waals surface area (Å²) < 4.78 is 7.52. The minimum atomic E-state index is -1.13. The number of ether oxygens (including phenoxy) is 1. The lowest BCUT2D eigenvalue weighted by Gasteiger charge is -2.29. The first-order valence-electron chi connectivity index (χ1n) is 13.5. The molecule has 2 aromatic heterocycles. The van der Waals surface area contributed by atoms with Gasteiger partial charge < -0.3 is 25.4 Å². The van der Waals surface area contributed by atoms with Gasteiger partial charge in [-0.3, -0.25) is 14.0 Å². The molecule has 1 fully saturated rings. The number of Topliss-reactive ketones (excluding diaryl/α,β-unsaturated/α-hetero) is 1. The Bertz CT molecular complexity index is 1270. The maximum atomic E-state index is 12.7. The summed E-state index contributed by atoms with van der Waals surface area (Å²) in [5, 5.41) is 24.2. The molecule has 1 saturated heterocycles. The number of hydrogen-bond acceptors (Lipinski definition) is 9. The van der Waals surface area contributed by atoms with Gasteiger partial charge in [-0.05, 0) is 50.8 Å². The normalized spacial score (nSPS) is 15.7. The molecule has 1 aliphatic heterocycles. The summed E-state index contributed by atoms with van der Waals surface area (Å²) >= 11 is 0. The number of amides is 1. The maximum absolute atomic E-state index is 12.7. The zero-order valence-corrected chi connectivity index (χ0v) is 22.7. The fraction of sp³-hybridized carbons (Fsp3) is 0.593. The van der Waals surface area contributed by atoms with Gasteiger partial charge in [0.1, 0.15) is 11.9 Å². The number of aryl methyl sites for hydroxylation is 1. The number of benzene rings is 1. The topological polar surface area (TPSA) is 134 Å². The number of aliphatic hydroxyl groups is 1. The van der Waals surface area contributed by atoms with Crippen LogP contribution in [0.25, 0.3) is 16.7 Å². The van der Waals surface area contributed by atoms with Crippen LogP contribution in [0.4, 0.5) is 11.5 Å². The molecule has 2 atom stereocenters. The van der Waals surface area contributed by atoms with Gasteiger partial charge >= 0.3 is 0 Å². The summed E-state index contributed by atoms with van der Waals surface area (Å²) in [6.45, 7) is 11.0. The molecule has 0 saturated carbocycles. The number of anilines is 2. The van der Waals surface area contributed by atoms with E-state index in [-0.39, 0.29) is 11.7 Å². The number of hydrogen-bond donors (Lipinski definition) is 3. The molecule has 1 aromatic carbocycles. The number of fused-ring (bicyclic) bond motifs is 3. The highest BCUT2D eigenvalue weighted by atomic mass is 16.5. The van der Waals surface area contributed by atoms with E-state index in [0.29, 0.717) is 24.4 Å². The Hall–Kier alpha value is -3.31. The Morgan fingerprint density at radius 1 is 1.11 bits per heavy atom. The third-order valence-electron chi connectivity index (χ3n) is 6.93. The van der Waals surface area contributed by atoms with E-state index < -0.39 is 18.1 Å². The molecule has 206 valence electrons. The molecule has 38 heavy (non-hydrogen) atoms. The number of unbranched alkanes of at least 4 members (excludes halogenated alkanes) is 2. The first-order valence-corrected chi connectivity index (χ1v) is 13.5. The van der Waals surface area contributed by atoms with Crippen molar-refractivity contribution in [2.24, 2.45) is 5.92 Å². The van der Waals surface area contributed by atoms with Crippen LogP contribution in [0, 0.1) is 12.8 Å². The summed E-state index contributed by atoms with van der Waals surface area (Å²) in [4.78, 5) is 31.7. The molecule has 3 aromatic rings. The van der Waals surface area contributed by atoms with Gasteiger partial charge in [0.25, 0.3) is 0 Å². The molecule has 3 heterocycles. The van der Waals surface area contributed by atoms with Crippen molar-refractivity contribution >= 4 is 39.9 Å². The first kappa shape index (κ1) is 27.7. The Labute approximate surface area is 223 Å². The SMILES string of the molecule is Cc1nnc2c(NCCCCCC(=O)[C@@H](NC(=O)C(C)O)C(C)C)nc3cc(N4CCOCC4)ccc3n12. The van der Waals surface area contributed by atoms with Crippen LogP contribution in [-0.2, 0) is 14.3 Å². The van der Waals surface area contributed by atoms with Crippen LogP contribution >= 0.6 is 0 Å². The second-order valence-electron chi connectivity index (χ2n) is 10.2. The number of nitrogens with zero attached hydrogens (tertiary/aromatic N) is 5. The summed E-state index contributed by atoms with van der Waals surface area (Å²) in [5.41, 5.74) is 3.65. The summed E-state index contributed by atoms with van der Waals surface area (Å²) in [5.74, 6) is 0.930. The lowest BCUT2D eigenvalue weighted by Crippen LogP contribution is -2.47. The quantitative estimate of drug-likeness (QED) is 0.305. The minimum Gasteiger partial charge on any atom is -0.384 e. The minimum absolute atomic E-state index is 0.00475. The van der Waals surface area contributed by atoms with Crippen molar-refractivity contribution in [3.8, 4) is 0 Å². The molecule has 1 unspecified atom stereocenters. The van der Waals surface area contributed by atoms with Crippen LogP contribution < -0.4 is 15.5 Å². The van der Waals surface area contributed by atoms with E-state index in [1.807, 2.05) is 25.2 Å². The maximum Gasteiger partial charge on any atom is 0.249 e. The highest BCUT2D eigenvalue weighted by Crippen LogP contribution is 2.26. The second-order valence-corrected chi connectivity index (χ2v) is 10.2. The molecule has 1 aliphatic rings. The average Bonchev–Trinajstić information content (AvgIpc) is 3.30. The van der Waals surface area contributed by atoms with Crippen LogP contribution in [0.15, 0.2) is 18.2 Å². The molecule has 4 rings (SSSR count). The highest BCUT2D eigenvalue weighted by molar-refractivity contribution is 5.90. The van der Waals surface area contributed by atoms with Gasteiger partial charge in [0.05, 0.1) is 30.3 Å². The Morgan fingerprint density at radius 3 is 2.58 bits per heavy atom. The van der Waals surface area contributed by atoms with E-state index in [0.717, 1.165) is 68.1 Å². The fourth-order valence-corrected chi connectivity index (χ4v) is 4.76. The van der Waals surface area contributed by atoms with Crippen LogP contribution in [0.2, 0.25) is 0 Å². The van der Waals surface area contributed by atoms with E-state index in [4.69, 9.17) is 9.72 Å². The zero-order chi connectivity index (χ0) is 27.2. The van der Waals surface area contributed by atoms with Crippen molar-refractivity contribution in [2.75, 3.05) is 43.1 Å². The van der Waals surface area contributed by atoms with Gasteiger partial charge in [0.2, 0.25) is 11.6 Å². The predicted molar refractivity (Wildman–Crippen MR) is 146 cm³/mol. The molecule has 11 heteroatoms. The Balaban J connectivity index is 1.36. The van der Waals surface area contributed by atoms with Gasteiger partial charge in [-0.2, -0.15) is 0 Å². The van der Waals surface area contributed by atoms with Gasteiger partial charge in [-0.15, -0.1) is 10.2 Å². The molecule has 3 N–H and O–H groups in total. The third-order valence-corrected chi connectivity index (χ3v) is 6.93. The van der Waals surface area contributed by atoms with Gasteiger partial charge in [-0.25, -0.2) is 4.98 Å². The largest absolute Gasteiger partial charge is 0.384 e. The lowest BCUT2D eigenvalue weighted by atomic mass is 9.96. The number of morpholine rings is 1. The Morgan fingerprint density at radius 2 is 1.87 bits per heavy atom. The summed E-state index contributed by atoms with van der Waals surface area (Å²) in [6.07, 6.45) is 1.68. The number of aromatic nitrogens is 4. The molecular formula is C27H39N7O4. The number of aliphatic hydroxyl groups excluding tert-OH is 1. The van der Waals surface area contributed by atoms with Crippen molar-refractivity contribution < 1.29 is 19.4 Å². The van der Waals surface area contributed by atoms with Crippen LogP contribution in [0.3, 0.4) is 0 Å². The predicted octanol–water partition coefficient (Wildman–Crippen LogP) is 2.49. The van der Waals surface area contributed by atoms with Gasteiger partial charge in [-0.1, -0.05) is 20.3 Å². The first-order chi connectivity index (χ1) is 18.3. The number of ketones is 1. The molecular weight excluding hydrogens is 486 g/mol. The zero-order valence-electron chi connectivity index (χ0n) is 22.7. The lowest BCUT2D eigenvalue weighted by molar-refractivity contribution is -0.133. The average molecular weight is 526 g/mol. The van der Waals surface area contributed by atoms with Crippen molar-refractivity contribution in [3.05, 3.63) is 24.0 Å². The van der Waals surface area contributed by atoms with Crippen molar-refractivity contribution in [1.82, 2.24) is 24.9 Å². The van der Waals surface area contributed by atoms with Gasteiger partial charge in [0, 0.05) is 31.7 Å². The fourth-order valence-electron chi connectivity index (χ4n) is 4.76. The Kier molecular flexibility index (Phi) is 9.11. The van der Waals surface area contributed by atoms with Crippen LogP contribution in [0.1, 0.15) is 52.3 Å². The number of rotatable bonds is 12. The smallest absolute Gasteiger partial charge is 0.249 e.